The molecule has 1 aromatic heterocycles. The minimum atomic E-state index is 0.582. The van der Waals surface area contributed by atoms with E-state index >= 15 is 0 Å². The van der Waals surface area contributed by atoms with Crippen LogP contribution in [0.3, 0.4) is 0 Å². The van der Waals surface area contributed by atoms with Gasteiger partial charge in [0.1, 0.15) is 17.2 Å². The fourth-order valence-corrected chi connectivity index (χ4v) is 2.07. The Labute approximate surface area is 94.7 Å². The van der Waals surface area contributed by atoms with Crippen molar-refractivity contribution in [3.63, 3.8) is 0 Å². The number of halogens is 1. The number of rotatable bonds is 3. The SMILES string of the molecule is CN1CCCC1CNc1ncncc1Cl. The van der Waals surface area contributed by atoms with Crippen LogP contribution in [0.25, 0.3) is 0 Å². The second-order valence-electron chi connectivity index (χ2n) is 3.88. The Balaban J connectivity index is 1.90. The third-order valence-corrected chi connectivity index (χ3v) is 3.12. The van der Waals surface area contributed by atoms with E-state index in [1.54, 1.807) is 6.20 Å². The van der Waals surface area contributed by atoms with Gasteiger partial charge in [0.25, 0.3) is 0 Å². The predicted molar refractivity (Wildman–Crippen MR) is 61.2 cm³/mol. The van der Waals surface area contributed by atoms with E-state index in [1.165, 1.54) is 25.7 Å². The zero-order chi connectivity index (χ0) is 10.7. The number of nitrogens with one attached hydrogen (secondary N) is 1. The van der Waals surface area contributed by atoms with Gasteiger partial charge in [-0.05, 0) is 26.4 Å². The van der Waals surface area contributed by atoms with Gasteiger partial charge in [-0.25, -0.2) is 9.97 Å². The van der Waals surface area contributed by atoms with Crippen LogP contribution in [-0.2, 0) is 0 Å². The van der Waals surface area contributed by atoms with Crippen molar-refractivity contribution in [3.05, 3.63) is 17.5 Å². The normalized spacial score (nSPS) is 21.9. The van der Waals surface area contributed by atoms with Crippen LogP contribution in [0.2, 0.25) is 5.02 Å². The summed E-state index contributed by atoms with van der Waals surface area (Å²) >= 11 is 5.94. The standard InChI is InChI=1S/C10H15ClN4/c1-15-4-2-3-8(15)5-13-10-9(11)6-12-7-14-10/h6-8H,2-5H2,1H3,(H,12,13,14). The fourth-order valence-electron chi connectivity index (χ4n) is 1.89. The minimum Gasteiger partial charge on any atom is -0.367 e. The zero-order valence-corrected chi connectivity index (χ0v) is 9.54. The molecule has 82 valence electrons. The van der Waals surface area contributed by atoms with E-state index in [4.69, 9.17) is 11.6 Å². The first-order chi connectivity index (χ1) is 7.27. The van der Waals surface area contributed by atoms with Crippen LogP contribution in [0.15, 0.2) is 12.5 Å². The van der Waals surface area contributed by atoms with Crippen LogP contribution in [-0.4, -0.2) is 41.0 Å². The lowest BCUT2D eigenvalue weighted by Crippen LogP contribution is -2.31. The molecule has 1 aromatic rings. The van der Waals surface area contributed by atoms with E-state index in [0.29, 0.717) is 11.1 Å². The summed E-state index contributed by atoms with van der Waals surface area (Å²) in [5, 5.41) is 3.84. The Morgan fingerprint density at radius 1 is 1.67 bits per heavy atom. The van der Waals surface area contributed by atoms with Crippen molar-refractivity contribution in [1.29, 1.82) is 0 Å². The first kappa shape index (κ1) is 10.6. The molecule has 0 amide bonds. The Morgan fingerprint density at radius 2 is 2.53 bits per heavy atom. The van der Waals surface area contributed by atoms with Crippen molar-refractivity contribution in [2.75, 3.05) is 25.5 Å². The highest BCUT2D eigenvalue weighted by Gasteiger charge is 2.20. The van der Waals surface area contributed by atoms with E-state index < -0.39 is 0 Å². The monoisotopic (exact) mass is 226 g/mol. The summed E-state index contributed by atoms with van der Waals surface area (Å²) in [4.78, 5) is 10.3. The topological polar surface area (TPSA) is 41.0 Å². The van der Waals surface area contributed by atoms with Gasteiger partial charge in [-0.2, -0.15) is 0 Å². The van der Waals surface area contributed by atoms with Crippen molar-refractivity contribution >= 4 is 17.4 Å². The molecule has 0 aliphatic carbocycles. The highest BCUT2D eigenvalue weighted by atomic mass is 35.5. The average molecular weight is 227 g/mol. The molecule has 0 saturated carbocycles. The molecule has 1 aliphatic rings. The van der Waals surface area contributed by atoms with Gasteiger partial charge in [0.2, 0.25) is 0 Å². The lowest BCUT2D eigenvalue weighted by Gasteiger charge is -2.20. The number of hydrogen-bond acceptors (Lipinski definition) is 4. The van der Waals surface area contributed by atoms with Gasteiger partial charge in [0.15, 0.2) is 0 Å². The van der Waals surface area contributed by atoms with E-state index in [0.717, 1.165) is 12.4 Å². The van der Waals surface area contributed by atoms with Gasteiger partial charge in [0, 0.05) is 12.6 Å². The summed E-state index contributed by atoms with van der Waals surface area (Å²) < 4.78 is 0. The van der Waals surface area contributed by atoms with Gasteiger partial charge in [-0.3, -0.25) is 0 Å². The maximum Gasteiger partial charge on any atom is 0.148 e. The van der Waals surface area contributed by atoms with Gasteiger partial charge in [-0.1, -0.05) is 11.6 Å². The third kappa shape index (κ3) is 2.58. The van der Waals surface area contributed by atoms with Crippen LogP contribution in [0.5, 0.6) is 0 Å². The molecule has 0 bridgehead atoms. The fraction of sp³-hybridized carbons (Fsp3) is 0.600. The molecule has 1 fully saturated rings. The number of nitrogens with zero attached hydrogens (tertiary/aromatic N) is 3. The van der Waals surface area contributed by atoms with Crippen molar-refractivity contribution in [2.24, 2.45) is 0 Å². The van der Waals surface area contributed by atoms with Crippen molar-refractivity contribution < 1.29 is 0 Å². The minimum absolute atomic E-state index is 0.582. The van der Waals surface area contributed by atoms with Crippen LogP contribution in [0.1, 0.15) is 12.8 Å². The maximum atomic E-state index is 5.94. The van der Waals surface area contributed by atoms with Crippen molar-refractivity contribution in [1.82, 2.24) is 14.9 Å². The summed E-state index contributed by atoms with van der Waals surface area (Å²) in [5.41, 5.74) is 0. The lowest BCUT2D eigenvalue weighted by molar-refractivity contribution is 0.322. The Bertz CT molecular complexity index is 331. The van der Waals surface area contributed by atoms with Crippen LogP contribution >= 0.6 is 11.6 Å². The summed E-state index contributed by atoms with van der Waals surface area (Å²) in [6.45, 7) is 2.08. The Kier molecular flexibility index (Phi) is 3.38. The largest absolute Gasteiger partial charge is 0.367 e. The molecule has 1 N–H and O–H groups in total. The van der Waals surface area contributed by atoms with E-state index in [-0.39, 0.29) is 0 Å². The highest BCUT2D eigenvalue weighted by Crippen LogP contribution is 2.19. The first-order valence-corrected chi connectivity index (χ1v) is 5.55. The zero-order valence-electron chi connectivity index (χ0n) is 8.78. The third-order valence-electron chi connectivity index (χ3n) is 2.84. The molecule has 1 aliphatic heterocycles. The summed E-state index contributed by atoms with van der Waals surface area (Å²) in [5.74, 6) is 0.729. The molecule has 1 unspecified atom stereocenters. The molecular formula is C10H15ClN4. The van der Waals surface area contributed by atoms with Gasteiger partial charge >= 0.3 is 0 Å². The summed E-state index contributed by atoms with van der Waals surface area (Å²) in [6.07, 6.45) is 5.63. The molecule has 4 nitrogen and oxygen atoms in total. The molecule has 2 rings (SSSR count). The second kappa shape index (κ2) is 4.77. The van der Waals surface area contributed by atoms with E-state index in [9.17, 15) is 0 Å². The molecular weight excluding hydrogens is 212 g/mol. The molecule has 15 heavy (non-hydrogen) atoms. The van der Waals surface area contributed by atoms with Crippen molar-refractivity contribution in [3.8, 4) is 0 Å². The number of likely N-dealkylation sites (tertiary alicyclic amines) is 1. The number of anilines is 1. The second-order valence-corrected chi connectivity index (χ2v) is 4.28. The number of likely N-dealkylation sites (N-methyl/N-ethyl adjacent to an activating group) is 1. The van der Waals surface area contributed by atoms with Gasteiger partial charge < -0.3 is 10.2 Å². The lowest BCUT2D eigenvalue weighted by atomic mass is 10.2. The highest BCUT2D eigenvalue weighted by molar-refractivity contribution is 6.32. The number of aromatic nitrogens is 2. The molecule has 5 heteroatoms. The summed E-state index contributed by atoms with van der Waals surface area (Å²) in [7, 11) is 2.15. The summed E-state index contributed by atoms with van der Waals surface area (Å²) in [6, 6.07) is 0.594. The van der Waals surface area contributed by atoms with Crippen LogP contribution in [0.4, 0.5) is 5.82 Å². The van der Waals surface area contributed by atoms with Crippen LogP contribution < -0.4 is 5.32 Å². The number of hydrogen-bond donors (Lipinski definition) is 1. The molecule has 1 saturated heterocycles. The molecule has 2 heterocycles. The Hall–Kier alpha value is -0.870. The van der Waals surface area contributed by atoms with Crippen molar-refractivity contribution in [2.45, 2.75) is 18.9 Å². The van der Waals surface area contributed by atoms with E-state index in [2.05, 4.69) is 27.2 Å². The average Bonchev–Trinajstić information content (AvgIpc) is 2.63. The van der Waals surface area contributed by atoms with Gasteiger partial charge in [0.05, 0.1) is 6.20 Å². The smallest absolute Gasteiger partial charge is 0.148 e. The molecule has 1 atom stereocenters. The molecule has 0 aromatic carbocycles. The maximum absolute atomic E-state index is 5.94. The van der Waals surface area contributed by atoms with Gasteiger partial charge in [-0.15, -0.1) is 0 Å². The molecule has 0 spiro atoms. The quantitative estimate of drug-likeness (QED) is 0.851. The van der Waals surface area contributed by atoms with Crippen LogP contribution in [0, 0.1) is 0 Å². The molecule has 0 radical (unpaired) electrons. The van der Waals surface area contributed by atoms with E-state index in [1.807, 2.05) is 0 Å². The Morgan fingerprint density at radius 3 is 3.20 bits per heavy atom. The predicted octanol–water partition coefficient (Wildman–Crippen LogP) is 1.64. The first-order valence-electron chi connectivity index (χ1n) is 5.17.